The Bertz CT molecular complexity index is 781. The molecule has 0 atom stereocenters. The molecule has 144 valence electrons. The predicted molar refractivity (Wildman–Crippen MR) is 94.3 cm³/mol. The maximum atomic E-state index is 12.4. The molecule has 0 unspecified atom stereocenters. The summed E-state index contributed by atoms with van der Waals surface area (Å²) in [6.07, 6.45) is 1.07. The van der Waals surface area contributed by atoms with E-state index < -0.39 is 0 Å². The highest BCUT2D eigenvalue weighted by Gasteiger charge is 2.24. The average molecular weight is 374 g/mol. The van der Waals surface area contributed by atoms with Crippen molar-refractivity contribution < 1.29 is 23.6 Å². The Labute approximate surface area is 156 Å². The van der Waals surface area contributed by atoms with Crippen LogP contribution in [0, 0.1) is 6.92 Å². The van der Waals surface area contributed by atoms with Gasteiger partial charge in [0.05, 0.1) is 7.11 Å². The topological polar surface area (TPSA) is 107 Å². The molecule has 1 aromatic carbocycles. The first-order chi connectivity index (χ1) is 13.0. The summed E-state index contributed by atoms with van der Waals surface area (Å²) in [5.74, 6) is 1.41. The lowest BCUT2D eigenvalue weighted by molar-refractivity contribution is 0.0892. The molecule has 1 aliphatic heterocycles. The molecule has 0 aliphatic carbocycles. The van der Waals surface area contributed by atoms with Crippen molar-refractivity contribution in [3.05, 3.63) is 41.5 Å². The molecule has 0 spiro atoms. The largest absolute Gasteiger partial charge is 0.485 e. The molecular weight excluding hydrogens is 352 g/mol. The molecule has 1 fully saturated rings. The lowest BCUT2D eigenvalue weighted by Gasteiger charge is -2.31. The zero-order valence-corrected chi connectivity index (χ0v) is 15.3. The van der Waals surface area contributed by atoms with Crippen LogP contribution in [0.1, 0.15) is 34.9 Å². The smallest absolute Gasteiger partial charge is 0.409 e. The van der Waals surface area contributed by atoms with Crippen molar-refractivity contribution in [2.45, 2.75) is 32.4 Å². The van der Waals surface area contributed by atoms with Gasteiger partial charge in [0.1, 0.15) is 5.75 Å². The molecule has 1 N–H and O–H groups in total. The summed E-state index contributed by atoms with van der Waals surface area (Å²) in [6.45, 7) is 3.05. The molecule has 0 saturated carbocycles. The van der Waals surface area contributed by atoms with Crippen molar-refractivity contribution >= 4 is 12.0 Å². The lowest BCUT2D eigenvalue weighted by atomic mass is 10.0. The Morgan fingerprint density at radius 1 is 1.26 bits per heavy atom. The Hall–Kier alpha value is -3.10. The van der Waals surface area contributed by atoms with Crippen molar-refractivity contribution in [1.82, 2.24) is 20.4 Å². The van der Waals surface area contributed by atoms with Crippen LogP contribution >= 0.6 is 0 Å². The van der Waals surface area contributed by atoms with E-state index >= 15 is 0 Å². The van der Waals surface area contributed by atoms with E-state index in [4.69, 9.17) is 14.0 Å². The molecule has 3 rings (SSSR count). The van der Waals surface area contributed by atoms with Gasteiger partial charge in [-0.15, -0.1) is 0 Å². The molecule has 1 aromatic heterocycles. The molecule has 0 radical (unpaired) electrons. The summed E-state index contributed by atoms with van der Waals surface area (Å²) < 4.78 is 15.2. The number of benzene rings is 1. The minimum Gasteiger partial charge on any atom is -0.485 e. The van der Waals surface area contributed by atoms with Crippen LogP contribution < -0.4 is 10.1 Å². The minimum atomic E-state index is -0.327. The van der Waals surface area contributed by atoms with E-state index in [1.165, 1.54) is 7.11 Å². The summed E-state index contributed by atoms with van der Waals surface area (Å²) in [5.41, 5.74) is 0.549. The number of hydrogen-bond donors (Lipinski definition) is 1. The summed E-state index contributed by atoms with van der Waals surface area (Å²) in [4.78, 5) is 29.6. The number of nitrogens with one attached hydrogen (secondary N) is 1. The van der Waals surface area contributed by atoms with Gasteiger partial charge in [-0.05, 0) is 37.1 Å². The first kappa shape index (κ1) is 18.7. The second-order valence-electron chi connectivity index (χ2n) is 6.25. The van der Waals surface area contributed by atoms with E-state index in [0.29, 0.717) is 49.0 Å². The molecule has 27 heavy (non-hydrogen) atoms. The zero-order chi connectivity index (χ0) is 19.2. The number of carbonyl (C=O) groups excluding carboxylic acids is 2. The molecular formula is C18H22N4O5. The first-order valence-corrected chi connectivity index (χ1v) is 8.71. The second-order valence-corrected chi connectivity index (χ2v) is 6.25. The Morgan fingerprint density at radius 2 is 1.96 bits per heavy atom. The van der Waals surface area contributed by atoms with Crippen LogP contribution in [0.4, 0.5) is 4.79 Å². The Kier molecular flexibility index (Phi) is 5.90. The molecule has 2 heterocycles. The van der Waals surface area contributed by atoms with Gasteiger partial charge >= 0.3 is 6.09 Å². The SMILES string of the molecule is COC(=O)N1CCC(NC(=O)c2ccc(OCc3noc(C)n3)cc2)CC1. The van der Waals surface area contributed by atoms with E-state index in [-0.39, 0.29) is 24.6 Å². The van der Waals surface area contributed by atoms with E-state index in [2.05, 4.69) is 15.5 Å². The molecule has 1 aliphatic rings. The highest BCUT2D eigenvalue weighted by molar-refractivity contribution is 5.94. The van der Waals surface area contributed by atoms with Crippen LogP contribution in [0.25, 0.3) is 0 Å². The third kappa shape index (κ3) is 4.96. The molecule has 0 bridgehead atoms. The van der Waals surface area contributed by atoms with E-state index in [1.807, 2.05) is 0 Å². The molecule has 2 amide bonds. The Morgan fingerprint density at radius 3 is 2.56 bits per heavy atom. The molecule has 9 nitrogen and oxygen atoms in total. The van der Waals surface area contributed by atoms with Gasteiger partial charge in [-0.25, -0.2) is 4.79 Å². The van der Waals surface area contributed by atoms with Gasteiger partial charge in [-0.3, -0.25) is 4.79 Å². The van der Waals surface area contributed by atoms with Gasteiger partial charge in [-0.2, -0.15) is 4.98 Å². The van der Waals surface area contributed by atoms with Gasteiger partial charge in [0.2, 0.25) is 11.7 Å². The van der Waals surface area contributed by atoms with Crippen molar-refractivity contribution in [1.29, 1.82) is 0 Å². The van der Waals surface area contributed by atoms with Crippen LogP contribution in [0.2, 0.25) is 0 Å². The monoisotopic (exact) mass is 374 g/mol. The second kappa shape index (κ2) is 8.52. The number of piperidine rings is 1. The highest BCUT2D eigenvalue weighted by atomic mass is 16.5. The number of hydrogen-bond acceptors (Lipinski definition) is 7. The molecule has 9 heteroatoms. The quantitative estimate of drug-likeness (QED) is 0.852. The van der Waals surface area contributed by atoms with Gasteiger partial charge in [0.15, 0.2) is 6.61 Å². The van der Waals surface area contributed by atoms with Crippen molar-refractivity contribution in [3.8, 4) is 5.75 Å². The summed E-state index contributed by atoms with van der Waals surface area (Å²) in [6, 6.07) is 6.89. The number of likely N-dealkylation sites (tertiary alicyclic amines) is 1. The maximum absolute atomic E-state index is 12.4. The van der Waals surface area contributed by atoms with Crippen LogP contribution in [-0.4, -0.2) is 53.3 Å². The average Bonchev–Trinajstić information content (AvgIpc) is 3.12. The predicted octanol–water partition coefficient (Wildman–Crippen LogP) is 1.92. The standard InChI is InChI=1S/C18H22N4O5/c1-12-19-16(21-27-12)11-26-15-5-3-13(4-6-15)17(23)20-14-7-9-22(10-8-14)18(24)25-2/h3-6,14H,7-11H2,1-2H3,(H,20,23). The summed E-state index contributed by atoms with van der Waals surface area (Å²) in [7, 11) is 1.37. The number of ether oxygens (including phenoxy) is 2. The third-order valence-corrected chi connectivity index (χ3v) is 4.32. The number of nitrogens with zero attached hydrogens (tertiary/aromatic N) is 3. The van der Waals surface area contributed by atoms with Gasteiger partial charge < -0.3 is 24.2 Å². The Balaban J connectivity index is 1.47. The van der Waals surface area contributed by atoms with Gasteiger partial charge in [-0.1, -0.05) is 5.16 Å². The molecule has 1 saturated heterocycles. The highest BCUT2D eigenvalue weighted by Crippen LogP contribution is 2.15. The fourth-order valence-corrected chi connectivity index (χ4v) is 2.85. The lowest BCUT2D eigenvalue weighted by Crippen LogP contribution is -2.46. The number of methoxy groups -OCH3 is 1. The number of amides is 2. The van der Waals surface area contributed by atoms with E-state index in [0.717, 1.165) is 0 Å². The zero-order valence-electron chi connectivity index (χ0n) is 15.3. The van der Waals surface area contributed by atoms with Crippen molar-refractivity contribution in [2.75, 3.05) is 20.2 Å². The van der Waals surface area contributed by atoms with E-state index in [1.54, 1.807) is 36.1 Å². The van der Waals surface area contributed by atoms with Gasteiger partial charge in [0, 0.05) is 31.6 Å². The number of aromatic nitrogens is 2. The van der Waals surface area contributed by atoms with Crippen LogP contribution in [0.5, 0.6) is 5.75 Å². The number of carbonyl (C=O) groups is 2. The molecule has 2 aromatic rings. The maximum Gasteiger partial charge on any atom is 0.409 e. The fraction of sp³-hybridized carbons (Fsp3) is 0.444. The minimum absolute atomic E-state index is 0.0378. The van der Waals surface area contributed by atoms with Crippen LogP contribution in [0.3, 0.4) is 0 Å². The number of rotatable bonds is 5. The van der Waals surface area contributed by atoms with Crippen LogP contribution in [-0.2, 0) is 11.3 Å². The van der Waals surface area contributed by atoms with Crippen molar-refractivity contribution in [3.63, 3.8) is 0 Å². The third-order valence-electron chi connectivity index (χ3n) is 4.32. The van der Waals surface area contributed by atoms with Crippen molar-refractivity contribution in [2.24, 2.45) is 0 Å². The van der Waals surface area contributed by atoms with Crippen LogP contribution in [0.15, 0.2) is 28.8 Å². The number of aryl methyl sites for hydroxylation is 1. The normalized spacial score (nSPS) is 14.7. The summed E-state index contributed by atoms with van der Waals surface area (Å²) >= 11 is 0. The van der Waals surface area contributed by atoms with Gasteiger partial charge in [0.25, 0.3) is 5.91 Å². The summed E-state index contributed by atoms with van der Waals surface area (Å²) in [5, 5.41) is 6.76. The first-order valence-electron chi connectivity index (χ1n) is 8.71. The fourth-order valence-electron chi connectivity index (χ4n) is 2.85. The van der Waals surface area contributed by atoms with E-state index in [9.17, 15) is 9.59 Å².